The van der Waals surface area contributed by atoms with Gasteiger partial charge in [-0.3, -0.25) is 9.78 Å². The van der Waals surface area contributed by atoms with Gasteiger partial charge >= 0.3 is 0 Å². The third-order valence-electron chi connectivity index (χ3n) is 3.82. The minimum atomic E-state index is -0.273. The molecule has 1 amide bonds. The van der Waals surface area contributed by atoms with E-state index in [1.54, 1.807) is 24.4 Å². The molecule has 0 radical (unpaired) electrons. The predicted octanol–water partition coefficient (Wildman–Crippen LogP) is 4.25. The van der Waals surface area contributed by atoms with Gasteiger partial charge in [-0.25, -0.2) is 4.39 Å². The van der Waals surface area contributed by atoms with Crippen LogP contribution in [0.2, 0.25) is 0 Å². The Kier molecular flexibility index (Phi) is 4.33. The number of carbonyl (C=O) groups is 1. The third kappa shape index (κ3) is 3.37. The molecule has 0 saturated carbocycles. The van der Waals surface area contributed by atoms with Crippen LogP contribution >= 0.6 is 0 Å². The number of aryl methyl sites for hydroxylation is 2. The summed E-state index contributed by atoms with van der Waals surface area (Å²) in [6.45, 7) is 1.99. The molecule has 0 bridgehead atoms. The summed E-state index contributed by atoms with van der Waals surface area (Å²) in [5.74, 6) is -0.410. The van der Waals surface area contributed by atoms with Crippen LogP contribution in [0, 0.1) is 12.7 Å². The average Bonchev–Trinajstić information content (AvgIpc) is 2.57. The zero-order valence-electron chi connectivity index (χ0n) is 12.8. The minimum absolute atomic E-state index is 0.137. The van der Waals surface area contributed by atoms with Crippen LogP contribution in [0.5, 0.6) is 0 Å². The molecule has 3 aromatic rings. The third-order valence-corrected chi connectivity index (χ3v) is 3.82. The van der Waals surface area contributed by atoms with Gasteiger partial charge in [0.25, 0.3) is 0 Å². The molecule has 1 N–H and O–H groups in total. The molecule has 0 atom stereocenters. The van der Waals surface area contributed by atoms with E-state index in [4.69, 9.17) is 0 Å². The largest absolute Gasteiger partial charge is 0.325 e. The first kappa shape index (κ1) is 15.2. The molecule has 0 unspecified atom stereocenters. The molecule has 2 aromatic carbocycles. The number of benzene rings is 2. The molecule has 1 heterocycles. The van der Waals surface area contributed by atoms with Crippen molar-refractivity contribution in [2.24, 2.45) is 0 Å². The number of hydrogen-bond acceptors (Lipinski definition) is 2. The summed E-state index contributed by atoms with van der Waals surface area (Å²) in [5, 5.41) is 3.81. The Labute approximate surface area is 134 Å². The summed E-state index contributed by atoms with van der Waals surface area (Å²) in [5.41, 5.74) is 3.22. The van der Waals surface area contributed by atoms with Crippen molar-refractivity contribution in [2.45, 2.75) is 19.8 Å². The number of hydrogen-bond donors (Lipinski definition) is 1. The van der Waals surface area contributed by atoms with E-state index in [9.17, 15) is 9.18 Å². The number of fused-ring (bicyclic) bond motifs is 1. The highest BCUT2D eigenvalue weighted by Gasteiger charge is 2.09. The Morgan fingerprint density at radius 3 is 2.78 bits per heavy atom. The Hall–Kier alpha value is -2.75. The second-order valence-electron chi connectivity index (χ2n) is 5.47. The first-order valence-corrected chi connectivity index (χ1v) is 7.53. The van der Waals surface area contributed by atoms with Crippen molar-refractivity contribution < 1.29 is 9.18 Å². The van der Waals surface area contributed by atoms with E-state index < -0.39 is 0 Å². The fourth-order valence-corrected chi connectivity index (χ4v) is 2.58. The number of nitrogens with zero attached hydrogens (tertiary/aromatic N) is 1. The van der Waals surface area contributed by atoms with Crippen molar-refractivity contribution in [1.82, 2.24) is 4.98 Å². The molecule has 1 aromatic heterocycles. The van der Waals surface area contributed by atoms with Gasteiger partial charge in [-0.05, 0) is 48.7 Å². The molecular weight excluding hydrogens is 291 g/mol. The maximum absolute atomic E-state index is 13.6. The Morgan fingerprint density at radius 2 is 1.96 bits per heavy atom. The van der Waals surface area contributed by atoms with Crippen LogP contribution in [0.15, 0.2) is 54.7 Å². The van der Waals surface area contributed by atoms with Crippen molar-refractivity contribution in [1.29, 1.82) is 0 Å². The van der Waals surface area contributed by atoms with Crippen LogP contribution in [0.1, 0.15) is 17.5 Å². The van der Waals surface area contributed by atoms with E-state index in [0.717, 1.165) is 22.2 Å². The number of rotatable bonds is 4. The lowest BCUT2D eigenvalue weighted by atomic mass is 10.1. The van der Waals surface area contributed by atoms with Gasteiger partial charge in [0.1, 0.15) is 5.82 Å². The van der Waals surface area contributed by atoms with Gasteiger partial charge in [0.15, 0.2) is 0 Å². The summed E-state index contributed by atoms with van der Waals surface area (Å²) in [6, 6.07) is 14.1. The Morgan fingerprint density at radius 1 is 1.13 bits per heavy atom. The summed E-state index contributed by atoms with van der Waals surface area (Å²) in [6.07, 6.45) is 2.34. The predicted molar refractivity (Wildman–Crippen MR) is 89.8 cm³/mol. The monoisotopic (exact) mass is 308 g/mol. The summed E-state index contributed by atoms with van der Waals surface area (Å²) in [7, 11) is 0. The summed E-state index contributed by atoms with van der Waals surface area (Å²) >= 11 is 0. The molecule has 0 aliphatic carbocycles. The van der Waals surface area contributed by atoms with Gasteiger partial charge in [-0.2, -0.15) is 0 Å². The highest BCUT2D eigenvalue weighted by atomic mass is 19.1. The minimum Gasteiger partial charge on any atom is -0.325 e. The van der Waals surface area contributed by atoms with Gasteiger partial charge in [0.05, 0.1) is 11.2 Å². The number of carbonyl (C=O) groups excluding carboxylic acids is 1. The molecule has 3 nitrogen and oxygen atoms in total. The lowest BCUT2D eigenvalue weighted by molar-refractivity contribution is -0.116. The van der Waals surface area contributed by atoms with Crippen LogP contribution < -0.4 is 5.32 Å². The molecule has 0 aliphatic rings. The van der Waals surface area contributed by atoms with Crippen LogP contribution in [0.25, 0.3) is 10.9 Å². The number of aromatic nitrogens is 1. The summed E-state index contributed by atoms with van der Waals surface area (Å²) < 4.78 is 13.6. The van der Waals surface area contributed by atoms with Gasteiger partial charge in [-0.1, -0.05) is 24.3 Å². The van der Waals surface area contributed by atoms with E-state index in [1.165, 1.54) is 6.07 Å². The number of pyridine rings is 1. The highest BCUT2D eigenvalue weighted by molar-refractivity contribution is 6.01. The average molecular weight is 308 g/mol. The first-order chi connectivity index (χ1) is 11.1. The Balaban J connectivity index is 1.74. The fraction of sp³-hybridized carbons (Fsp3) is 0.158. The van der Waals surface area contributed by atoms with Crippen molar-refractivity contribution in [3.05, 3.63) is 71.7 Å². The number of anilines is 1. The molecule has 116 valence electrons. The first-order valence-electron chi connectivity index (χ1n) is 7.53. The van der Waals surface area contributed by atoms with Crippen LogP contribution in [0.4, 0.5) is 10.1 Å². The van der Waals surface area contributed by atoms with Crippen molar-refractivity contribution >= 4 is 22.5 Å². The lowest BCUT2D eigenvalue weighted by Gasteiger charge is -2.10. The Bertz CT molecular complexity index is 861. The quantitative estimate of drug-likeness (QED) is 0.782. The molecule has 3 rings (SSSR count). The molecule has 0 spiro atoms. The van der Waals surface area contributed by atoms with Gasteiger partial charge in [-0.15, -0.1) is 0 Å². The molecule has 23 heavy (non-hydrogen) atoms. The molecule has 0 aliphatic heterocycles. The topological polar surface area (TPSA) is 42.0 Å². The lowest BCUT2D eigenvalue weighted by Crippen LogP contribution is -2.13. The highest BCUT2D eigenvalue weighted by Crippen LogP contribution is 2.24. The van der Waals surface area contributed by atoms with Crippen LogP contribution in [0.3, 0.4) is 0 Å². The van der Waals surface area contributed by atoms with E-state index in [1.807, 2.05) is 31.2 Å². The van der Waals surface area contributed by atoms with E-state index in [0.29, 0.717) is 12.0 Å². The second-order valence-corrected chi connectivity index (χ2v) is 5.47. The van der Waals surface area contributed by atoms with Crippen molar-refractivity contribution in [2.75, 3.05) is 5.32 Å². The number of halogens is 1. The van der Waals surface area contributed by atoms with Gasteiger partial charge in [0.2, 0.25) is 5.91 Å². The zero-order chi connectivity index (χ0) is 16.2. The van der Waals surface area contributed by atoms with E-state index in [2.05, 4.69) is 10.3 Å². The molecular formula is C19H17FN2O. The standard InChI is InChI=1S/C19H17FN2O/c1-13-8-10-17(15-6-4-12-21-19(13)15)22-18(23)11-9-14-5-2-3-7-16(14)20/h2-8,10,12H,9,11H2,1H3,(H,22,23). The van der Waals surface area contributed by atoms with Crippen LogP contribution in [-0.4, -0.2) is 10.9 Å². The maximum atomic E-state index is 13.6. The SMILES string of the molecule is Cc1ccc(NC(=O)CCc2ccccc2F)c2cccnc12. The second kappa shape index (κ2) is 6.57. The summed E-state index contributed by atoms with van der Waals surface area (Å²) in [4.78, 5) is 16.5. The van der Waals surface area contributed by atoms with Crippen molar-refractivity contribution in [3.63, 3.8) is 0 Å². The van der Waals surface area contributed by atoms with Gasteiger partial charge < -0.3 is 5.32 Å². The molecule has 0 fully saturated rings. The maximum Gasteiger partial charge on any atom is 0.224 e. The number of amides is 1. The van der Waals surface area contributed by atoms with Gasteiger partial charge in [0, 0.05) is 18.0 Å². The zero-order valence-corrected chi connectivity index (χ0v) is 12.8. The fourth-order valence-electron chi connectivity index (χ4n) is 2.58. The van der Waals surface area contributed by atoms with E-state index in [-0.39, 0.29) is 18.1 Å². The molecule has 4 heteroatoms. The normalized spacial score (nSPS) is 10.7. The molecule has 0 saturated heterocycles. The van der Waals surface area contributed by atoms with Crippen molar-refractivity contribution in [3.8, 4) is 0 Å². The smallest absolute Gasteiger partial charge is 0.224 e. The van der Waals surface area contributed by atoms with Crippen LogP contribution in [-0.2, 0) is 11.2 Å². The van der Waals surface area contributed by atoms with E-state index >= 15 is 0 Å². The number of nitrogens with one attached hydrogen (secondary N) is 1.